The molecule has 1 aliphatic carbocycles. The Balaban J connectivity index is 1.83. The van der Waals surface area contributed by atoms with Crippen molar-refractivity contribution >= 4 is 5.82 Å². The Kier molecular flexibility index (Phi) is 3.63. The van der Waals surface area contributed by atoms with Crippen LogP contribution in [0.15, 0.2) is 30.6 Å². The Morgan fingerprint density at radius 2 is 2.15 bits per heavy atom. The largest absolute Gasteiger partial charge is 0.367 e. The predicted molar refractivity (Wildman–Crippen MR) is 80.4 cm³/mol. The highest BCUT2D eigenvalue weighted by Gasteiger charge is 2.21. The van der Waals surface area contributed by atoms with E-state index >= 15 is 0 Å². The van der Waals surface area contributed by atoms with E-state index in [1.54, 1.807) is 12.4 Å². The summed E-state index contributed by atoms with van der Waals surface area (Å²) in [4.78, 5) is 13.3. The normalized spacial score (nSPS) is 21.9. The van der Waals surface area contributed by atoms with Crippen molar-refractivity contribution in [3.63, 3.8) is 0 Å². The third-order valence-corrected chi connectivity index (χ3v) is 3.82. The molecule has 0 radical (unpaired) electrons. The van der Waals surface area contributed by atoms with Gasteiger partial charge in [-0.2, -0.15) is 0 Å². The molecular formula is C16H20N4. The Bertz CT molecular complexity index is 582. The fourth-order valence-electron chi connectivity index (χ4n) is 2.81. The summed E-state index contributed by atoms with van der Waals surface area (Å²) in [5, 5.41) is 3.55. The van der Waals surface area contributed by atoms with E-state index in [0.29, 0.717) is 6.04 Å². The SMILES string of the molecule is Cc1cc(NC2CCC(C)C2)nc(-c2cccnc2)n1. The standard InChI is InChI=1S/C16H20N4/c1-11-5-6-14(8-11)19-15-9-12(2)18-16(20-15)13-4-3-7-17-10-13/h3-4,7,9-11,14H,5-6,8H2,1-2H3,(H,18,19,20). The molecule has 2 aromatic rings. The van der Waals surface area contributed by atoms with Gasteiger partial charge in [0.25, 0.3) is 0 Å². The maximum Gasteiger partial charge on any atom is 0.163 e. The lowest BCUT2D eigenvalue weighted by Gasteiger charge is -2.14. The summed E-state index contributed by atoms with van der Waals surface area (Å²) in [6, 6.07) is 6.46. The van der Waals surface area contributed by atoms with Crippen LogP contribution in [0.2, 0.25) is 0 Å². The molecule has 0 amide bonds. The molecule has 2 atom stereocenters. The highest BCUT2D eigenvalue weighted by molar-refractivity contribution is 5.56. The molecule has 0 aliphatic heterocycles. The number of hydrogen-bond acceptors (Lipinski definition) is 4. The first-order valence-corrected chi connectivity index (χ1v) is 7.23. The van der Waals surface area contributed by atoms with Gasteiger partial charge in [-0.15, -0.1) is 0 Å². The molecule has 0 aromatic carbocycles. The fourth-order valence-corrected chi connectivity index (χ4v) is 2.81. The molecule has 4 nitrogen and oxygen atoms in total. The van der Waals surface area contributed by atoms with Gasteiger partial charge < -0.3 is 5.32 Å². The van der Waals surface area contributed by atoms with Gasteiger partial charge >= 0.3 is 0 Å². The van der Waals surface area contributed by atoms with Gasteiger partial charge in [-0.1, -0.05) is 6.92 Å². The van der Waals surface area contributed by atoms with Gasteiger partial charge in [-0.25, -0.2) is 9.97 Å². The van der Waals surface area contributed by atoms with Crippen LogP contribution < -0.4 is 5.32 Å². The van der Waals surface area contributed by atoms with Crippen molar-refractivity contribution < 1.29 is 0 Å². The molecule has 1 fully saturated rings. The minimum atomic E-state index is 0.543. The highest BCUT2D eigenvalue weighted by Crippen LogP contribution is 2.27. The van der Waals surface area contributed by atoms with Gasteiger partial charge in [-0.3, -0.25) is 4.98 Å². The van der Waals surface area contributed by atoms with Crippen LogP contribution in [0.25, 0.3) is 11.4 Å². The monoisotopic (exact) mass is 268 g/mol. The molecule has 3 rings (SSSR count). The first kappa shape index (κ1) is 13.0. The van der Waals surface area contributed by atoms with E-state index in [1.807, 2.05) is 25.1 Å². The van der Waals surface area contributed by atoms with E-state index in [2.05, 4.69) is 27.2 Å². The summed E-state index contributed by atoms with van der Waals surface area (Å²) >= 11 is 0. The Hall–Kier alpha value is -1.97. The number of hydrogen-bond donors (Lipinski definition) is 1. The lowest BCUT2D eigenvalue weighted by molar-refractivity contribution is 0.602. The molecule has 0 spiro atoms. The van der Waals surface area contributed by atoms with E-state index < -0.39 is 0 Å². The van der Waals surface area contributed by atoms with E-state index in [1.165, 1.54) is 19.3 Å². The zero-order valence-corrected chi connectivity index (χ0v) is 12.0. The zero-order valence-electron chi connectivity index (χ0n) is 12.0. The van der Waals surface area contributed by atoms with Crippen LogP contribution in [-0.2, 0) is 0 Å². The van der Waals surface area contributed by atoms with Gasteiger partial charge in [0.2, 0.25) is 0 Å². The molecule has 20 heavy (non-hydrogen) atoms. The minimum absolute atomic E-state index is 0.543. The van der Waals surface area contributed by atoms with Crippen LogP contribution in [0.1, 0.15) is 31.9 Å². The van der Waals surface area contributed by atoms with Crippen molar-refractivity contribution in [2.45, 2.75) is 39.2 Å². The average molecular weight is 268 g/mol. The van der Waals surface area contributed by atoms with E-state index in [9.17, 15) is 0 Å². The van der Waals surface area contributed by atoms with Crippen molar-refractivity contribution in [2.75, 3.05) is 5.32 Å². The number of anilines is 1. The quantitative estimate of drug-likeness (QED) is 0.926. The Morgan fingerprint density at radius 1 is 1.25 bits per heavy atom. The number of nitrogens with one attached hydrogen (secondary N) is 1. The zero-order chi connectivity index (χ0) is 13.9. The highest BCUT2D eigenvalue weighted by atomic mass is 15.1. The first-order chi connectivity index (χ1) is 9.70. The molecular weight excluding hydrogens is 248 g/mol. The van der Waals surface area contributed by atoms with Crippen LogP contribution in [0, 0.1) is 12.8 Å². The first-order valence-electron chi connectivity index (χ1n) is 7.23. The molecule has 2 aromatic heterocycles. The number of rotatable bonds is 3. The topological polar surface area (TPSA) is 50.7 Å². The molecule has 1 saturated carbocycles. The van der Waals surface area contributed by atoms with Gasteiger partial charge in [0, 0.05) is 35.8 Å². The Morgan fingerprint density at radius 3 is 2.85 bits per heavy atom. The molecule has 0 saturated heterocycles. The lowest BCUT2D eigenvalue weighted by Crippen LogP contribution is -2.16. The average Bonchev–Trinajstić information content (AvgIpc) is 2.84. The van der Waals surface area contributed by atoms with E-state index in [0.717, 1.165) is 28.8 Å². The van der Waals surface area contributed by atoms with E-state index in [4.69, 9.17) is 0 Å². The summed E-state index contributed by atoms with van der Waals surface area (Å²) in [7, 11) is 0. The number of aryl methyl sites for hydroxylation is 1. The molecule has 104 valence electrons. The third-order valence-electron chi connectivity index (χ3n) is 3.82. The maximum absolute atomic E-state index is 4.63. The second-order valence-electron chi connectivity index (χ2n) is 5.72. The number of nitrogens with zero attached hydrogens (tertiary/aromatic N) is 3. The summed E-state index contributed by atoms with van der Waals surface area (Å²) in [6.07, 6.45) is 7.32. The summed E-state index contributed by atoms with van der Waals surface area (Å²) in [5.41, 5.74) is 1.94. The maximum atomic E-state index is 4.63. The summed E-state index contributed by atoms with van der Waals surface area (Å²) in [6.45, 7) is 4.32. The molecule has 2 heterocycles. The van der Waals surface area contributed by atoms with Gasteiger partial charge in [0.1, 0.15) is 5.82 Å². The van der Waals surface area contributed by atoms with Gasteiger partial charge in [0.15, 0.2) is 5.82 Å². The van der Waals surface area contributed by atoms with Crippen LogP contribution >= 0.6 is 0 Å². The predicted octanol–water partition coefficient (Wildman–Crippen LogP) is 3.45. The molecule has 0 bridgehead atoms. The van der Waals surface area contributed by atoms with Crippen LogP contribution in [0.3, 0.4) is 0 Å². The van der Waals surface area contributed by atoms with Crippen molar-refractivity contribution in [1.29, 1.82) is 0 Å². The van der Waals surface area contributed by atoms with Crippen molar-refractivity contribution in [3.05, 3.63) is 36.3 Å². The fraction of sp³-hybridized carbons (Fsp3) is 0.438. The summed E-state index contributed by atoms with van der Waals surface area (Å²) < 4.78 is 0. The third kappa shape index (κ3) is 2.95. The second kappa shape index (κ2) is 5.57. The van der Waals surface area contributed by atoms with Gasteiger partial charge in [0.05, 0.1) is 0 Å². The lowest BCUT2D eigenvalue weighted by atomic mass is 10.1. The van der Waals surface area contributed by atoms with Crippen LogP contribution in [0.5, 0.6) is 0 Å². The van der Waals surface area contributed by atoms with E-state index in [-0.39, 0.29) is 0 Å². The Labute approximate surface area is 119 Å². The van der Waals surface area contributed by atoms with Crippen LogP contribution in [0.4, 0.5) is 5.82 Å². The molecule has 4 heteroatoms. The van der Waals surface area contributed by atoms with Crippen molar-refractivity contribution in [2.24, 2.45) is 5.92 Å². The second-order valence-corrected chi connectivity index (χ2v) is 5.72. The van der Waals surface area contributed by atoms with Crippen LogP contribution in [-0.4, -0.2) is 21.0 Å². The molecule has 1 aliphatic rings. The molecule has 1 N–H and O–H groups in total. The van der Waals surface area contributed by atoms with Gasteiger partial charge in [-0.05, 0) is 44.2 Å². The minimum Gasteiger partial charge on any atom is -0.367 e. The van der Waals surface area contributed by atoms with Crippen molar-refractivity contribution in [1.82, 2.24) is 15.0 Å². The molecule has 2 unspecified atom stereocenters. The van der Waals surface area contributed by atoms with Crippen molar-refractivity contribution in [3.8, 4) is 11.4 Å². The smallest absolute Gasteiger partial charge is 0.163 e. The number of aromatic nitrogens is 3. The summed E-state index contributed by atoms with van der Waals surface area (Å²) in [5.74, 6) is 2.48. The number of pyridine rings is 1.